The van der Waals surface area contributed by atoms with Crippen LogP contribution in [0.5, 0.6) is 28.7 Å². The van der Waals surface area contributed by atoms with Crippen molar-refractivity contribution in [1.82, 2.24) is 0 Å². The number of phenolic OH excluding ortho intramolecular Hbond substituents is 1. The first kappa shape index (κ1) is 28.8. The average molecular weight is 601 g/mol. The number of ether oxygens (including phenoxy) is 4. The zero-order valence-electron chi connectivity index (χ0n) is 25.9. The third-order valence-electron chi connectivity index (χ3n) is 9.31. The van der Waals surface area contributed by atoms with Crippen LogP contribution < -0.4 is 18.9 Å². The Morgan fingerprint density at radius 2 is 1.36 bits per heavy atom. The third kappa shape index (κ3) is 4.35. The van der Waals surface area contributed by atoms with E-state index in [-0.39, 0.29) is 5.75 Å². The van der Waals surface area contributed by atoms with Crippen LogP contribution in [0.15, 0.2) is 91.0 Å². The van der Waals surface area contributed by atoms with Crippen LogP contribution in [-0.2, 0) is 11.2 Å². The molecule has 0 saturated carbocycles. The Labute approximate surface area is 263 Å². The van der Waals surface area contributed by atoms with Gasteiger partial charge in [-0.05, 0) is 89.2 Å². The topological polar surface area (TPSA) is 77.4 Å². The van der Waals surface area contributed by atoms with Gasteiger partial charge in [-0.15, -0.1) is 0 Å². The molecule has 0 fully saturated rings. The van der Waals surface area contributed by atoms with Gasteiger partial charge in [-0.1, -0.05) is 56.2 Å². The summed E-state index contributed by atoms with van der Waals surface area (Å²) >= 11 is 0. The molecule has 6 heteroatoms. The molecule has 228 valence electrons. The summed E-state index contributed by atoms with van der Waals surface area (Å²) in [5, 5.41) is 25.1. The molecule has 0 bridgehead atoms. The molecule has 6 nitrogen and oxygen atoms in total. The summed E-state index contributed by atoms with van der Waals surface area (Å²) in [5.74, 6) is 2.98. The fourth-order valence-corrected chi connectivity index (χ4v) is 7.03. The number of benzene rings is 5. The summed E-state index contributed by atoms with van der Waals surface area (Å²) in [6, 6.07) is 27.1. The second-order valence-electron chi connectivity index (χ2n) is 11.7. The predicted octanol–water partition coefficient (Wildman–Crippen LogP) is 8.33. The van der Waals surface area contributed by atoms with Gasteiger partial charge in [-0.3, -0.25) is 0 Å². The molecule has 5 aromatic rings. The highest BCUT2D eigenvalue weighted by Gasteiger charge is 2.47. The quantitative estimate of drug-likeness (QED) is 0.187. The smallest absolute Gasteiger partial charge is 0.178 e. The summed E-state index contributed by atoms with van der Waals surface area (Å²) in [7, 11) is 4.96. The summed E-state index contributed by atoms with van der Waals surface area (Å²) in [6.07, 6.45) is 6.41. The Bertz CT molecular complexity index is 1890. The standard InChI is InChI=1S/C39H36O6/c1-5-6-20-38(41)34-22-26(40)11-17-31(34)35-30-18-16-29(44-4)23-33(30)37-32(36(35)38)19-21-39(45-37,24-7-12-27(42-2)13-8-24)25-9-14-28(43-3)15-10-25/h7-19,21-23,40-41H,5-6,20H2,1-4H3. The van der Waals surface area contributed by atoms with E-state index in [0.29, 0.717) is 23.5 Å². The highest BCUT2D eigenvalue weighted by Crippen LogP contribution is 2.59. The molecule has 0 aromatic heterocycles. The van der Waals surface area contributed by atoms with Crippen LogP contribution >= 0.6 is 0 Å². The van der Waals surface area contributed by atoms with Gasteiger partial charge in [-0.25, -0.2) is 0 Å². The summed E-state index contributed by atoms with van der Waals surface area (Å²) < 4.78 is 24.0. The maximum absolute atomic E-state index is 12.7. The van der Waals surface area contributed by atoms with Gasteiger partial charge in [0.15, 0.2) is 5.60 Å². The Morgan fingerprint density at radius 3 is 1.96 bits per heavy atom. The van der Waals surface area contributed by atoms with Crippen LogP contribution in [0.4, 0.5) is 0 Å². The van der Waals surface area contributed by atoms with Gasteiger partial charge in [0.25, 0.3) is 0 Å². The molecule has 0 spiro atoms. The first-order valence-electron chi connectivity index (χ1n) is 15.3. The molecule has 1 atom stereocenters. The van der Waals surface area contributed by atoms with Crippen molar-refractivity contribution in [2.75, 3.05) is 21.3 Å². The van der Waals surface area contributed by atoms with Crippen LogP contribution in [0.3, 0.4) is 0 Å². The van der Waals surface area contributed by atoms with E-state index in [2.05, 4.69) is 19.1 Å². The van der Waals surface area contributed by atoms with Gasteiger partial charge in [0.1, 0.15) is 34.3 Å². The molecular weight excluding hydrogens is 564 g/mol. The SMILES string of the molecule is CCCCC1(O)c2cc(O)ccc2-c2c1c1c(c3cc(OC)ccc23)OC(c2ccc(OC)cc2)(c2ccc(OC)cc2)C=C1. The number of hydrogen-bond donors (Lipinski definition) is 2. The normalized spacial score (nSPS) is 17.3. The van der Waals surface area contributed by atoms with Crippen molar-refractivity contribution in [3.05, 3.63) is 119 Å². The number of rotatable bonds is 8. The van der Waals surface area contributed by atoms with Crippen molar-refractivity contribution in [3.8, 4) is 39.9 Å². The predicted molar refractivity (Wildman–Crippen MR) is 177 cm³/mol. The van der Waals surface area contributed by atoms with E-state index in [1.165, 1.54) is 0 Å². The molecule has 0 radical (unpaired) electrons. The number of phenols is 1. The van der Waals surface area contributed by atoms with Crippen molar-refractivity contribution in [2.45, 2.75) is 37.4 Å². The lowest BCUT2D eigenvalue weighted by atomic mass is 9.79. The Morgan fingerprint density at radius 1 is 0.733 bits per heavy atom. The highest BCUT2D eigenvalue weighted by molar-refractivity contribution is 6.08. The van der Waals surface area contributed by atoms with E-state index in [4.69, 9.17) is 18.9 Å². The second kappa shape index (κ2) is 10.9. The number of hydrogen-bond acceptors (Lipinski definition) is 6. The molecule has 1 unspecified atom stereocenters. The highest BCUT2D eigenvalue weighted by atomic mass is 16.5. The number of unbranched alkanes of at least 4 members (excludes halogenated alkanes) is 1. The van der Waals surface area contributed by atoms with Crippen LogP contribution in [0.1, 0.15) is 54.0 Å². The first-order chi connectivity index (χ1) is 21.9. The monoisotopic (exact) mass is 600 g/mol. The van der Waals surface area contributed by atoms with Crippen molar-refractivity contribution < 1.29 is 29.2 Å². The van der Waals surface area contributed by atoms with Crippen molar-refractivity contribution in [2.24, 2.45) is 0 Å². The van der Waals surface area contributed by atoms with Gasteiger partial charge < -0.3 is 29.2 Å². The zero-order valence-corrected chi connectivity index (χ0v) is 25.9. The molecule has 0 saturated heterocycles. The largest absolute Gasteiger partial charge is 0.508 e. The van der Waals surface area contributed by atoms with E-state index in [1.54, 1.807) is 33.5 Å². The Kier molecular flexibility index (Phi) is 6.98. The van der Waals surface area contributed by atoms with Gasteiger partial charge in [0, 0.05) is 27.6 Å². The maximum Gasteiger partial charge on any atom is 0.178 e. The number of methoxy groups -OCH3 is 3. The Balaban J connectivity index is 1.55. The molecule has 45 heavy (non-hydrogen) atoms. The van der Waals surface area contributed by atoms with Crippen LogP contribution in [-0.4, -0.2) is 31.5 Å². The molecule has 0 amide bonds. The van der Waals surface area contributed by atoms with E-state index >= 15 is 0 Å². The van der Waals surface area contributed by atoms with Gasteiger partial charge in [0.05, 0.1) is 21.3 Å². The molecule has 1 aliphatic heterocycles. The molecule has 2 aliphatic rings. The molecule has 2 N–H and O–H groups in total. The van der Waals surface area contributed by atoms with Crippen molar-refractivity contribution in [3.63, 3.8) is 0 Å². The van der Waals surface area contributed by atoms with Crippen LogP contribution in [0, 0.1) is 0 Å². The minimum atomic E-state index is -1.31. The fraction of sp³-hybridized carbons (Fsp3) is 0.231. The van der Waals surface area contributed by atoms with Crippen molar-refractivity contribution >= 4 is 16.8 Å². The molecule has 5 aromatic carbocycles. The molecule has 1 aliphatic carbocycles. The third-order valence-corrected chi connectivity index (χ3v) is 9.31. The number of fused-ring (bicyclic) bond motifs is 8. The first-order valence-corrected chi connectivity index (χ1v) is 15.3. The minimum absolute atomic E-state index is 0.126. The molecular formula is C39H36O6. The minimum Gasteiger partial charge on any atom is -0.508 e. The van der Waals surface area contributed by atoms with Gasteiger partial charge in [-0.2, -0.15) is 0 Å². The lowest BCUT2D eigenvalue weighted by molar-refractivity contribution is 0.0719. The van der Waals surface area contributed by atoms with Crippen LogP contribution in [0.25, 0.3) is 28.0 Å². The number of aromatic hydroxyl groups is 1. The van der Waals surface area contributed by atoms with Crippen molar-refractivity contribution in [1.29, 1.82) is 0 Å². The van der Waals surface area contributed by atoms with E-state index < -0.39 is 11.2 Å². The van der Waals surface area contributed by atoms with E-state index in [1.807, 2.05) is 72.8 Å². The second-order valence-corrected chi connectivity index (χ2v) is 11.7. The summed E-state index contributed by atoms with van der Waals surface area (Å²) in [6.45, 7) is 2.12. The molecule has 7 rings (SSSR count). The molecule has 1 heterocycles. The average Bonchev–Trinajstić information content (AvgIpc) is 3.34. The number of aliphatic hydroxyl groups is 1. The summed E-state index contributed by atoms with van der Waals surface area (Å²) in [5.41, 5.74) is 3.72. The Hall–Kier alpha value is -4.94. The zero-order chi connectivity index (χ0) is 31.3. The van der Waals surface area contributed by atoms with Gasteiger partial charge in [0.2, 0.25) is 0 Å². The lowest BCUT2D eigenvalue weighted by Crippen LogP contribution is -2.35. The lowest BCUT2D eigenvalue weighted by Gasteiger charge is -2.38. The van der Waals surface area contributed by atoms with Gasteiger partial charge >= 0.3 is 0 Å². The maximum atomic E-state index is 12.7. The fourth-order valence-electron chi connectivity index (χ4n) is 7.03. The van der Waals surface area contributed by atoms with E-state index in [9.17, 15) is 10.2 Å². The van der Waals surface area contributed by atoms with Crippen LogP contribution in [0.2, 0.25) is 0 Å². The van der Waals surface area contributed by atoms with E-state index in [0.717, 1.165) is 68.5 Å². The summed E-state index contributed by atoms with van der Waals surface area (Å²) in [4.78, 5) is 0.